The van der Waals surface area contributed by atoms with Crippen LogP contribution in [0.1, 0.15) is 12.7 Å². The normalized spacial score (nSPS) is 24.8. The third kappa shape index (κ3) is 2.79. The third-order valence-corrected chi connectivity index (χ3v) is 3.18. The van der Waals surface area contributed by atoms with Gasteiger partial charge in [0.1, 0.15) is 5.82 Å². The molecule has 0 saturated carbocycles. The van der Waals surface area contributed by atoms with Crippen molar-refractivity contribution in [2.45, 2.75) is 13.5 Å². The van der Waals surface area contributed by atoms with Crippen molar-refractivity contribution in [2.75, 3.05) is 20.2 Å². The van der Waals surface area contributed by atoms with E-state index >= 15 is 0 Å². The number of ether oxygens (including phenoxy) is 1. The zero-order chi connectivity index (χ0) is 12.3. The van der Waals surface area contributed by atoms with Crippen LogP contribution in [0.5, 0.6) is 0 Å². The van der Waals surface area contributed by atoms with Gasteiger partial charge >= 0.3 is 5.97 Å². The molecule has 5 nitrogen and oxygen atoms in total. The predicted molar refractivity (Wildman–Crippen MR) is 62.0 cm³/mol. The minimum absolute atomic E-state index is 0.0243. The van der Waals surface area contributed by atoms with Crippen LogP contribution in [0.3, 0.4) is 0 Å². The largest absolute Gasteiger partial charge is 0.469 e. The van der Waals surface area contributed by atoms with E-state index in [1.54, 1.807) is 18.5 Å². The molecule has 2 atom stereocenters. The Bertz CT molecular complexity index is 383. The van der Waals surface area contributed by atoms with Gasteiger partial charge in [-0.2, -0.15) is 0 Å². The first-order valence-electron chi connectivity index (χ1n) is 5.76. The number of rotatable bonds is 3. The maximum Gasteiger partial charge on any atom is 0.310 e. The van der Waals surface area contributed by atoms with Crippen LogP contribution in [0.25, 0.3) is 0 Å². The molecule has 1 aliphatic heterocycles. The van der Waals surface area contributed by atoms with Crippen molar-refractivity contribution in [3.05, 3.63) is 24.3 Å². The summed E-state index contributed by atoms with van der Waals surface area (Å²) in [6, 6.07) is 1.80. The van der Waals surface area contributed by atoms with E-state index in [9.17, 15) is 4.79 Å². The van der Waals surface area contributed by atoms with E-state index in [-0.39, 0.29) is 11.9 Å². The molecule has 0 unspecified atom stereocenters. The number of aromatic nitrogens is 2. The summed E-state index contributed by atoms with van der Waals surface area (Å²) in [4.78, 5) is 22.1. The highest BCUT2D eigenvalue weighted by Crippen LogP contribution is 2.24. The van der Waals surface area contributed by atoms with Crippen LogP contribution < -0.4 is 0 Å². The fourth-order valence-electron chi connectivity index (χ4n) is 2.27. The smallest absolute Gasteiger partial charge is 0.310 e. The van der Waals surface area contributed by atoms with Gasteiger partial charge < -0.3 is 4.74 Å². The second kappa shape index (κ2) is 5.23. The standard InChI is InChI=1S/C12H17N3O2/c1-9-6-15(7-10(9)12(16)17-2)8-11-13-4-3-5-14-11/h3-5,9-10H,6-8H2,1-2H3/t9-,10+/m1/s1. The van der Waals surface area contributed by atoms with Crippen LogP contribution in [-0.2, 0) is 16.1 Å². The van der Waals surface area contributed by atoms with Gasteiger partial charge in [0.2, 0.25) is 0 Å². The van der Waals surface area contributed by atoms with Crippen molar-refractivity contribution in [1.82, 2.24) is 14.9 Å². The number of hydrogen-bond donors (Lipinski definition) is 0. The predicted octanol–water partition coefficient (Wildman–Crippen LogP) is 0.717. The van der Waals surface area contributed by atoms with Crippen LogP contribution in [0.4, 0.5) is 0 Å². The van der Waals surface area contributed by atoms with Gasteiger partial charge in [-0.25, -0.2) is 9.97 Å². The molecule has 0 radical (unpaired) electrons. The van der Waals surface area contributed by atoms with E-state index in [0.717, 1.165) is 18.9 Å². The Labute approximate surface area is 101 Å². The molecule has 0 aromatic carbocycles. The Morgan fingerprint density at radius 1 is 1.47 bits per heavy atom. The van der Waals surface area contributed by atoms with Crippen LogP contribution in [0.15, 0.2) is 18.5 Å². The summed E-state index contributed by atoms with van der Waals surface area (Å²) in [6.45, 7) is 4.39. The molecule has 17 heavy (non-hydrogen) atoms. The van der Waals surface area contributed by atoms with E-state index < -0.39 is 0 Å². The van der Waals surface area contributed by atoms with Crippen LogP contribution in [-0.4, -0.2) is 41.0 Å². The Morgan fingerprint density at radius 2 is 2.18 bits per heavy atom. The maximum absolute atomic E-state index is 11.5. The Balaban J connectivity index is 1.95. The quantitative estimate of drug-likeness (QED) is 0.722. The lowest BCUT2D eigenvalue weighted by Gasteiger charge is -2.13. The SMILES string of the molecule is COC(=O)[C@H]1CN(Cc2ncccn2)C[C@H]1C. The zero-order valence-corrected chi connectivity index (χ0v) is 10.2. The van der Waals surface area contributed by atoms with E-state index in [2.05, 4.69) is 21.8 Å². The van der Waals surface area contributed by atoms with Gasteiger partial charge in [-0.3, -0.25) is 9.69 Å². The molecule has 1 aromatic rings. The summed E-state index contributed by atoms with van der Waals surface area (Å²) in [7, 11) is 1.44. The lowest BCUT2D eigenvalue weighted by atomic mass is 9.99. The van der Waals surface area contributed by atoms with Crippen molar-refractivity contribution >= 4 is 5.97 Å². The molecule has 0 amide bonds. The number of carbonyl (C=O) groups is 1. The second-order valence-corrected chi connectivity index (χ2v) is 4.47. The molecular weight excluding hydrogens is 218 g/mol. The van der Waals surface area contributed by atoms with Crippen LogP contribution in [0.2, 0.25) is 0 Å². The van der Waals surface area contributed by atoms with Crippen LogP contribution in [0, 0.1) is 11.8 Å². The lowest BCUT2D eigenvalue weighted by molar-refractivity contribution is -0.146. The van der Waals surface area contributed by atoms with Crippen LogP contribution >= 0.6 is 0 Å². The van der Waals surface area contributed by atoms with Crippen molar-refractivity contribution < 1.29 is 9.53 Å². The van der Waals surface area contributed by atoms with Crippen molar-refractivity contribution in [2.24, 2.45) is 11.8 Å². The average Bonchev–Trinajstić information content (AvgIpc) is 2.70. The molecule has 0 spiro atoms. The summed E-state index contributed by atoms with van der Waals surface area (Å²) in [5.41, 5.74) is 0. The number of hydrogen-bond acceptors (Lipinski definition) is 5. The molecule has 2 heterocycles. The third-order valence-electron chi connectivity index (χ3n) is 3.18. The number of esters is 1. The lowest BCUT2D eigenvalue weighted by Crippen LogP contribution is -2.24. The van der Waals surface area contributed by atoms with Gasteiger partial charge in [-0.05, 0) is 12.0 Å². The van der Waals surface area contributed by atoms with Gasteiger partial charge in [0.25, 0.3) is 0 Å². The molecule has 0 bridgehead atoms. The molecule has 2 rings (SSSR count). The highest BCUT2D eigenvalue weighted by molar-refractivity contribution is 5.73. The highest BCUT2D eigenvalue weighted by atomic mass is 16.5. The fraction of sp³-hybridized carbons (Fsp3) is 0.583. The van der Waals surface area contributed by atoms with Gasteiger partial charge in [-0.15, -0.1) is 0 Å². The molecule has 1 aromatic heterocycles. The number of likely N-dealkylation sites (tertiary alicyclic amines) is 1. The maximum atomic E-state index is 11.5. The number of carbonyl (C=O) groups excluding carboxylic acids is 1. The number of nitrogens with zero attached hydrogens (tertiary/aromatic N) is 3. The van der Waals surface area contributed by atoms with E-state index in [1.165, 1.54) is 7.11 Å². The molecule has 0 aliphatic carbocycles. The Hall–Kier alpha value is -1.49. The molecule has 92 valence electrons. The summed E-state index contributed by atoms with van der Waals surface area (Å²) in [5.74, 6) is 0.981. The summed E-state index contributed by atoms with van der Waals surface area (Å²) < 4.78 is 4.81. The Morgan fingerprint density at radius 3 is 2.82 bits per heavy atom. The van der Waals surface area contributed by atoms with Gasteiger partial charge in [0.15, 0.2) is 0 Å². The summed E-state index contributed by atoms with van der Waals surface area (Å²) in [5, 5.41) is 0. The van der Waals surface area contributed by atoms with Gasteiger partial charge in [-0.1, -0.05) is 6.92 Å². The molecule has 1 aliphatic rings. The average molecular weight is 235 g/mol. The molecule has 5 heteroatoms. The first-order valence-corrected chi connectivity index (χ1v) is 5.76. The van der Waals surface area contributed by atoms with E-state index in [0.29, 0.717) is 12.5 Å². The minimum atomic E-state index is -0.117. The molecule has 1 saturated heterocycles. The van der Waals surface area contributed by atoms with Gasteiger partial charge in [0.05, 0.1) is 19.6 Å². The summed E-state index contributed by atoms with van der Waals surface area (Å²) >= 11 is 0. The minimum Gasteiger partial charge on any atom is -0.469 e. The van der Waals surface area contributed by atoms with E-state index in [1.807, 2.05) is 0 Å². The first-order chi connectivity index (χ1) is 8.20. The highest BCUT2D eigenvalue weighted by Gasteiger charge is 2.35. The van der Waals surface area contributed by atoms with Crippen molar-refractivity contribution in [3.8, 4) is 0 Å². The topological polar surface area (TPSA) is 55.3 Å². The zero-order valence-electron chi connectivity index (χ0n) is 10.2. The van der Waals surface area contributed by atoms with E-state index in [4.69, 9.17) is 4.74 Å². The Kier molecular flexibility index (Phi) is 3.68. The first kappa shape index (κ1) is 12.0. The van der Waals surface area contributed by atoms with Crippen molar-refractivity contribution in [1.29, 1.82) is 0 Å². The molecular formula is C12H17N3O2. The monoisotopic (exact) mass is 235 g/mol. The fourth-order valence-corrected chi connectivity index (χ4v) is 2.27. The van der Waals surface area contributed by atoms with Crippen molar-refractivity contribution in [3.63, 3.8) is 0 Å². The molecule has 1 fully saturated rings. The molecule has 0 N–H and O–H groups in total. The summed E-state index contributed by atoms with van der Waals surface area (Å²) in [6.07, 6.45) is 3.47. The number of methoxy groups -OCH3 is 1. The second-order valence-electron chi connectivity index (χ2n) is 4.47. The van der Waals surface area contributed by atoms with Gasteiger partial charge in [0, 0.05) is 25.5 Å².